The van der Waals surface area contributed by atoms with Crippen LogP contribution < -0.4 is 15.4 Å². The van der Waals surface area contributed by atoms with Crippen molar-refractivity contribution in [2.24, 2.45) is 0 Å². The lowest BCUT2D eigenvalue weighted by Crippen LogP contribution is -2.45. The van der Waals surface area contributed by atoms with E-state index in [9.17, 15) is 18.0 Å². The van der Waals surface area contributed by atoms with Crippen molar-refractivity contribution in [3.8, 4) is 0 Å². The molecule has 1 aliphatic rings. The fourth-order valence-electron chi connectivity index (χ4n) is 3.69. The topological polar surface area (TPSA) is 104 Å². The average molecular weight is 430 g/mol. The molecule has 2 aromatic carbocycles. The molecule has 0 aromatic heterocycles. The van der Waals surface area contributed by atoms with Crippen LogP contribution in [0.4, 0.5) is 4.79 Å². The van der Waals surface area contributed by atoms with E-state index in [0.29, 0.717) is 0 Å². The van der Waals surface area contributed by atoms with E-state index >= 15 is 0 Å². The first kappa shape index (κ1) is 21.8. The Kier molecular flexibility index (Phi) is 7.10. The number of urea groups is 1. The highest BCUT2D eigenvalue weighted by atomic mass is 32.2. The Morgan fingerprint density at radius 2 is 1.50 bits per heavy atom. The van der Waals surface area contributed by atoms with Crippen LogP contribution in [0.2, 0.25) is 0 Å². The van der Waals surface area contributed by atoms with Gasteiger partial charge in [-0.05, 0) is 36.1 Å². The molecule has 0 saturated heterocycles. The zero-order valence-electron chi connectivity index (χ0n) is 16.9. The number of benzene rings is 2. The second kappa shape index (κ2) is 9.75. The summed E-state index contributed by atoms with van der Waals surface area (Å²) in [5, 5.41) is 5.62. The second-order valence-corrected chi connectivity index (χ2v) is 9.21. The van der Waals surface area contributed by atoms with Gasteiger partial charge in [0.1, 0.15) is 0 Å². The largest absolute Gasteiger partial charge is 0.345 e. The van der Waals surface area contributed by atoms with Crippen LogP contribution in [0.15, 0.2) is 59.5 Å². The van der Waals surface area contributed by atoms with Crippen LogP contribution in [-0.2, 0) is 14.8 Å². The van der Waals surface area contributed by atoms with Crippen LogP contribution in [0.25, 0.3) is 0 Å². The number of hydrogen-bond donors (Lipinski definition) is 3. The van der Waals surface area contributed by atoms with Gasteiger partial charge in [0.2, 0.25) is 5.91 Å². The Hall–Kier alpha value is -2.87. The summed E-state index contributed by atoms with van der Waals surface area (Å²) in [4.78, 5) is 23.8. The number of hydrogen-bond acceptors (Lipinski definition) is 4. The normalized spacial score (nSPS) is 15.8. The summed E-state index contributed by atoms with van der Waals surface area (Å²) < 4.78 is 27.2. The highest BCUT2D eigenvalue weighted by Crippen LogP contribution is 2.23. The van der Waals surface area contributed by atoms with E-state index in [4.69, 9.17) is 0 Å². The van der Waals surface area contributed by atoms with Crippen molar-refractivity contribution in [2.45, 2.75) is 56.0 Å². The van der Waals surface area contributed by atoms with Crippen LogP contribution in [0.1, 0.15) is 56.2 Å². The lowest BCUT2D eigenvalue weighted by atomic mass is 9.96. The number of carbonyl (C=O) groups is 2. The van der Waals surface area contributed by atoms with Gasteiger partial charge in [0.15, 0.2) is 0 Å². The smallest absolute Gasteiger partial charge is 0.328 e. The van der Waals surface area contributed by atoms with E-state index in [2.05, 4.69) is 15.4 Å². The van der Waals surface area contributed by atoms with Crippen molar-refractivity contribution in [3.63, 3.8) is 0 Å². The molecule has 3 N–H and O–H groups in total. The Balaban J connectivity index is 1.72. The minimum atomic E-state index is -3.99. The fraction of sp³-hybridized carbons (Fsp3) is 0.364. The van der Waals surface area contributed by atoms with Gasteiger partial charge in [-0.15, -0.1) is 0 Å². The number of nitrogens with one attached hydrogen (secondary N) is 3. The van der Waals surface area contributed by atoms with Crippen LogP contribution in [0.5, 0.6) is 0 Å². The van der Waals surface area contributed by atoms with Gasteiger partial charge in [0.25, 0.3) is 10.0 Å². The molecule has 160 valence electrons. The van der Waals surface area contributed by atoms with Crippen LogP contribution in [-0.4, -0.2) is 26.4 Å². The van der Waals surface area contributed by atoms with E-state index in [1.807, 2.05) is 30.3 Å². The Morgan fingerprint density at radius 1 is 0.900 bits per heavy atom. The lowest BCUT2D eigenvalue weighted by molar-refractivity contribution is -0.119. The predicted molar refractivity (Wildman–Crippen MR) is 114 cm³/mol. The van der Waals surface area contributed by atoms with Crippen LogP contribution in [0.3, 0.4) is 0 Å². The van der Waals surface area contributed by atoms with Crippen LogP contribution >= 0.6 is 0 Å². The van der Waals surface area contributed by atoms with E-state index in [0.717, 1.165) is 43.2 Å². The molecule has 2 aromatic rings. The maximum atomic E-state index is 12.6. The third-order valence-electron chi connectivity index (χ3n) is 5.17. The number of rotatable bonds is 6. The predicted octanol–water partition coefficient (Wildman–Crippen LogP) is 3.23. The Labute approximate surface area is 177 Å². The highest BCUT2D eigenvalue weighted by molar-refractivity contribution is 7.90. The number of carbonyl (C=O) groups excluding carboxylic acids is 2. The molecule has 0 aliphatic heterocycles. The first-order valence-electron chi connectivity index (χ1n) is 10.1. The number of amides is 3. The summed E-state index contributed by atoms with van der Waals surface area (Å²) in [6, 6.07) is 14.5. The van der Waals surface area contributed by atoms with Crippen LogP contribution in [0, 0.1) is 0 Å². The van der Waals surface area contributed by atoms with Crippen molar-refractivity contribution >= 4 is 22.0 Å². The molecule has 7 nitrogen and oxygen atoms in total. The zero-order valence-corrected chi connectivity index (χ0v) is 17.7. The molecule has 0 radical (unpaired) electrons. The standard InChI is InChI=1S/C22H27N3O4S/c1-16(26)23-21(17-8-4-2-5-9-17)18-12-14-20(15-13-18)30(28,29)25-22(27)24-19-10-6-3-7-11-19/h2,4-5,8-9,12-15,19,21H,3,6-7,10-11H2,1H3,(H,23,26)(H2,24,25,27). The van der Waals surface area contributed by atoms with Gasteiger partial charge in [-0.3, -0.25) is 4.79 Å². The maximum Gasteiger partial charge on any atom is 0.328 e. The maximum absolute atomic E-state index is 12.6. The van der Waals surface area contributed by atoms with Gasteiger partial charge in [-0.25, -0.2) is 17.9 Å². The highest BCUT2D eigenvalue weighted by Gasteiger charge is 2.22. The van der Waals surface area contributed by atoms with Crippen molar-refractivity contribution in [3.05, 3.63) is 65.7 Å². The minimum absolute atomic E-state index is 0.0142. The zero-order chi connectivity index (χ0) is 21.6. The summed E-state index contributed by atoms with van der Waals surface area (Å²) in [5.74, 6) is -0.193. The quantitative estimate of drug-likeness (QED) is 0.656. The van der Waals surface area contributed by atoms with Crippen molar-refractivity contribution in [1.82, 2.24) is 15.4 Å². The van der Waals surface area contributed by atoms with Crippen molar-refractivity contribution < 1.29 is 18.0 Å². The monoisotopic (exact) mass is 429 g/mol. The summed E-state index contributed by atoms with van der Waals surface area (Å²) >= 11 is 0. The molecule has 3 amide bonds. The van der Waals surface area contributed by atoms with Gasteiger partial charge >= 0.3 is 6.03 Å². The molecule has 1 aliphatic carbocycles. The van der Waals surface area contributed by atoms with Crippen molar-refractivity contribution in [1.29, 1.82) is 0 Å². The first-order valence-corrected chi connectivity index (χ1v) is 11.6. The number of sulfonamides is 1. The first-order chi connectivity index (χ1) is 14.3. The van der Waals surface area contributed by atoms with E-state index < -0.39 is 22.1 Å². The second-order valence-electron chi connectivity index (χ2n) is 7.53. The van der Waals surface area contributed by atoms with Gasteiger partial charge in [0, 0.05) is 13.0 Å². The third kappa shape index (κ3) is 5.82. The summed E-state index contributed by atoms with van der Waals surface area (Å²) in [6.07, 6.45) is 4.96. The van der Waals surface area contributed by atoms with E-state index in [-0.39, 0.29) is 16.8 Å². The third-order valence-corrected chi connectivity index (χ3v) is 6.52. The molecule has 1 unspecified atom stereocenters. The molecule has 30 heavy (non-hydrogen) atoms. The summed E-state index contributed by atoms with van der Waals surface area (Å²) in [6.45, 7) is 1.43. The summed E-state index contributed by atoms with van der Waals surface area (Å²) in [7, 11) is -3.99. The molecule has 8 heteroatoms. The fourth-order valence-corrected chi connectivity index (χ4v) is 4.61. The average Bonchev–Trinajstić information content (AvgIpc) is 2.73. The SMILES string of the molecule is CC(=O)NC(c1ccccc1)c1ccc(S(=O)(=O)NC(=O)NC2CCCCC2)cc1. The molecule has 0 heterocycles. The molecule has 1 saturated carbocycles. The van der Waals surface area contributed by atoms with E-state index in [1.165, 1.54) is 19.1 Å². The van der Waals surface area contributed by atoms with Crippen molar-refractivity contribution in [2.75, 3.05) is 0 Å². The molecular formula is C22H27N3O4S. The minimum Gasteiger partial charge on any atom is -0.345 e. The molecule has 1 fully saturated rings. The molecule has 0 spiro atoms. The molecular weight excluding hydrogens is 402 g/mol. The lowest BCUT2D eigenvalue weighted by Gasteiger charge is -2.22. The molecule has 1 atom stereocenters. The van der Waals surface area contributed by atoms with Gasteiger partial charge < -0.3 is 10.6 Å². The summed E-state index contributed by atoms with van der Waals surface area (Å²) in [5.41, 5.74) is 1.62. The molecule has 0 bridgehead atoms. The Morgan fingerprint density at radius 3 is 2.10 bits per heavy atom. The van der Waals surface area contributed by atoms with Gasteiger partial charge in [0.05, 0.1) is 10.9 Å². The Bertz CT molecular complexity index is 969. The van der Waals surface area contributed by atoms with Gasteiger partial charge in [-0.1, -0.05) is 61.7 Å². The molecule has 3 rings (SSSR count). The van der Waals surface area contributed by atoms with E-state index in [1.54, 1.807) is 12.1 Å². The van der Waals surface area contributed by atoms with Gasteiger partial charge in [-0.2, -0.15) is 0 Å².